The number of nitrogens with zero attached hydrogens (tertiary/aromatic N) is 2. The molecule has 9 heteroatoms. The number of carbonyl (C=O) groups excluding carboxylic acids is 1. The average Bonchev–Trinajstić information content (AvgIpc) is 3.27. The first-order valence-electron chi connectivity index (χ1n) is 9.14. The summed E-state index contributed by atoms with van der Waals surface area (Å²) < 4.78 is 25.2. The maximum Gasteiger partial charge on any atom is 0.238 e. The standard InChI is InChI=1S/C19H24N4O3S2/c1-3-10-23-16-7-6-14(28(20,25)26)12-15(16)22-18(23)8-9-19(24)21-13(2)17-5-4-11-27-17/h4-7,11-13H,3,8-10H2,1-2H3,(H,21,24)(H2,20,25,26). The van der Waals surface area contributed by atoms with Gasteiger partial charge in [-0.3, -0.25) is 4.79 Å². The Morgan fingerprint density at radius 1 is 1.36 bits per heavy atom. The minimum absolute atomic E-state index is 0.0284. The first-order valence-corrected chi connectivity index (χ1v) is 11.6. The van der Waals surface area contributed by atoms with Crippen LogP contribution in [0.5, 0.6) is 0 Å². The summed E-state index contributed by atoms with van der Waals surface area (Å²) in [5, 5.41) is 10.2. The molecule has 0 aliphatic carbocycles. The number of imidazole rings is 1. The fraction of sp³-hybridized carbons (Fsp3) is 0.368. The Balaban J connectivity index is 1.77. The van der Waals surface area contributed by atoms with E-state index in [0.29, 0.717) is 18.4 Å². The molecule has 0 aliphatic heterocycles. The van der Waals surface area contributed by atoms with Crippen LogP contribution in [0.25, 0.3) is 11.0 Å². The monoisotopic (exact) mass is 420 g/mol. The van der Waals surface area contributed by atoms with Crippen molar-refractivity contribution in [3.05, 3.63) is 46.4 Å². The summed E-state index contributed by atoms with van der Waals surface area (Å²) >= 11 is 1.61. The number of primary sulfonamides is 1. The number of fused-ring (bicyclic) bond motifs is 1. The van der Waals surface area contributed by atoms with Crippen molar-refractivity contribution in [2.24, 2.45) is 5.14 Å². The van der Waals surface area contributed by atoms with Crippen LogP contribution in [0, 0.1) is 0 Å². The predicted octanol–water partition coefficient (Wildman–Crippen LogP) is 2.97. The number of hydrogen-bond acceptors (Lipinski definition) is 5. The van der Waals surface area contributed by atoms with E-state index in [-0.39, 0.29) is 16.8 Å². The van der Waals surface area contributed by atoms with Gasteiger partial charge in [0, 0.05) is 24.3 Å². The van der Waals surface area contributed by atoms with Gasteiger partial charge in [0.2, 0.25) is 15.9 Å². The van der Waals surface area contributed by atoms with Crippen molar-refractivity contribution in [3.63, 3.8) is 0 Å². The second kappa shape index (κ2) is 8.42. The first-order chi connectivity index (χ1) is 13.3. The number of amides is 1. The second-order valence-electron chi connectivity index (χ2n) is 6.68. The molecular formula is C19H24N4O3S2. The molecule has 0 saturated carbocycles. The van der Waals surface area contributed by atoms with Crippen LogP contribution in [0.1, 0.15) is 43.4 Å². The summed E-state index contributed by atoms with van der Waals surface area (Å²) in [5.74, 6) is 0.726. The van der Waals surface area contributed by atoms with E-state index in [1.807, 2.05) is 29.0 Å². The van der Waals surface area contributed by atoms with Crippen LogP contribution in [-0.4, -0.2) is 23.9 Å². The Kier molecular flexibility index (Phi) is 6.17. The number of nitrogens with one attached hydrogen (secondary N) is 1. The van der Waals surface area contributed by atoms with Crippen LogP contribution in [-0.2, 0) is 27.8 Å². The van der Waals surface area contributed by atoms with Gasteiger partial charge in [-0.2, -0.15) is 0 Å². The van der Waals surface area contributed by atoms with Crippen molar-refractivity contribution in [1.82, 2.24) is 14.9 Å². The third-order valence-corrected chi connectivity index (χ3v) is 6.46. The lowest BCUT2D eigenvalue weighted by Crippen LogP contribution is -2.26. The number of nitrogens with two attached hydrogens (primary N) is 1. The molecule has 0 saturated heterocycles. The lowest BCUT2D eigenvalue weighted by atomic mass is 10.2. The Labute approximate surface area is 168 Å². The van der Waals surface area contributed by atoms with Gasteiger partial charge in [0.15, 0.2) is 0 Å². The fourth-order valence-corrected chi connectivity index (χ4v) is 4.42. The third-order valence-electron chi connectivity index (χ3n) is 4.50. The summed E-state index contributed by atoms with van der Waals surface area (Å²) in [7, 11) is -3.78. The van der Waals surface area contributed by atoms with Gasteiger partial charge in [-0.05, 0) is 43.0 Å². The summed E-state index contributed by atoms with van der Waals surface area (Å²) in [6.07, 6.45) is 1.68. The number of hydrogen-bond donors (Lipinski definition) is 2. The van der Waals surface area contributed by atoms with Crippen LogP contribution in [0.4, 0.5) is 0 Å². The zero-order valence-electron chi connectivity index (χ0n) is 15.9. The molecule has 0 fully saturated rings. The van der Waals surface area contributed by atoms with Gasteiger partial charge in [-0.15, -0.1) is 11.3 Å². The van der Waals surface area contributed by atoms with Crippen LogP contribution in [0.2, 0.25) is 0 Å². The molecule has 2 heterocycles. The van der Waals surface area contributed by atoms with Crippen molar-refractivity contribution in [2.75, 3.05) is 0 Å². The molecule has 0 bridgehead atoms. The van der Waals surface area contributed by atoms with E-state index in [2.05, 4.69) is 17.2 Å². The number of thiophene rings is 1. The molecule has 7 nitrogen and oxygen atoms in total. The minimum Gasteiger partial charge on any atom is -0.349 e. The number of aromatic nitrogens is 2. The average molecular weight is 421 g/mol. The number of sulfonamides is 1. The summed E-state index contributed by atoms with van der Waals surface area (Å²) in [5.41, 5.74) is 1.42. The quantitative estimate of drug-likeness (QED) is 0.584. The predicted molar refractivity (Wildman–Crippen MR) is 111 cm³/mol. The van der Waals surface area contributed by atoms with Crippen molar-refractivity contribution < 1.29 is 13.2 Å². The highest BCUT2D eigenvalue weighted by molar-refractivity contribution is 7.89. The normalized spacial score (nSPS) is 13.0. The molecule has 0 spiro atoms. The second-order valence-corrected chi connectivity index (χ2v) is 9.22. The van der Waals surface area contributed by atoms with Crippen molar-refractivity contribution in [2.45, 2.75) is 50.6 Å². The van der Waals surface area contributed by atoms with Gasteiger partial charge in [-0.1, -0.05) is 13.0 Å². The molecule has 28 heavy (non-hydrogen) atoms. The smallest absolute Gasteiger partial charge is 0.238 e. The maximum atomic E-state index is 12.4. The van der Waals surface area contributed by atoms with E-state index in [1.54, 1.807) is 17.4 Å². The molecule has 0 aliphatic rings. The highest BCUT2D eigenvalue weighted by atomic mass is 32.2. The van der Waals surface area contributed by atoms with Crippen LogP contribution < -0.4 is 10.5 Å². The molecule has 1 atom stereocenters. The zero-order valence-corrected chi connectivity index (χ0v) is 17.5. The van der Waals surface area contributed by atoms with E-state index >= 15 is 0 Å². The summed E-state index contributed by atoms with van der Waals surface area (Å²) in [4.78, 5) is 18.1. The van der Waals surface area contributed by atoms with Crippen molar-refractivity contribution >= 4 is 38.3 Å². The summed E-state index contributed by atoms with van der Waals surface area (Å²) in [6.45, 7) is 4.77. The molecule has 3 N–H and O–H groups in total. The van der Waals surface area contributed by atoms with E-state index in [4.69, 9.17) is 5.14 Å². The molecule has 1 amide bonds. The van der Waals surface area contributed by atoms with E-state index in [9.17, 15) is 13.2 Å². The SMILES string of the molecule is CCCn1c(CCC(=O)NC(C)c2cccs2)nc2cc(S(N)(=O)=O)ccc21. The number of aryl methyl sites for hydroxylation is 2. The van der Waals surface area contributed by atoms with Gasteiger partial charge in [0.1, 0.15) is 5.82 Å². The van der Waals surface area contributed by atoms with Crippen LogP contribution >= 0.6 is 11.3 Å². The lowest BCUT2D eigenvalue weighted by Gasteiger charge is -2.12. The molecule has 1 aromatic carbocycles. The fourth-order valence-electron chi connectivity index (χ4n) is 3.15. The molecular weight excluding hydrogens is 396 g/mol. The number of benzene rings is 1. The van der Waals surface area contributed by atoms with Crippen LogP contribution in [0.15, 0.2) is 40.6 Å². The zero-order chi connectivity index (χ0) is 20.3. The van der Waals surface area contributed by atoms with Crippen molar-refractivity contribution in [3.8, 4) is 0 Å². The Morgan fingerprint density at radius 2 is 2.14 bits per heavy atom. The van der Waals surface area contributed by atoms with E-state index in [1.165, 1.54) is 12.1 Å². The molecule has 3 aromatic rings. The highest BCUT2D eigenvalue weighted by Crippen LogP contribution is 2.22. The lowest BCUT2D eigenvalue weighted by molar-refractivity contribution is -0.121. The largest absolute Gasteiger partial charge is 0.349 e. The van der Waals surface area contributed by atoms with Crippen molar-refractivity contribution in [1.29, 1.82) is 0 Å². The third kappa shape index (κ3) is 4.60. The van der Waals surface area contributed by atoms with Gasteiger partial charge in [-0.25, -0.2) is 18.5 Å². The molecule has 2 aromatic heterocycles. The Hall–Kier alpha value is -2.23. The van der Waals surface area contributed by atoms with Gasteiger partial charge < -0.3 is 9.88 Å². The molecule has 3 rings (SSSR count). The number of carbonyl (C=O) groups is 1. The topological polar surface area (TPSA) is 107 Å². The Morgan fingerprint density at radius 3 is 2.79 bits per heavy atom. The van der Waals surface area contributed by atoms with E-state index in [0.717, 1.165) is 29.2 Å². The maximum absolute atomic E-state index is 12.4. The van der Waals surface area contributed by atoms with E-state index < -0.39 is 10.0 Å². The number of rotatable bonds is 8. The van der Waals surface area contributed by atoms with Gasteiger partial charge in [0.05, 0.1) is 22.0 Å². The first kappa shape index (κ1) is 20.5. The molecule has 1 unspecified atom stereocenters. The highest BCUT2D eigenvalue weighted by Gasteiger charge is 2.16. The molecule has 0 radical (unpaired) electrons. The van der Waals surface area contributed by atoms with Gasteiger partial charge >= 0.3 is 0 Å². The molecule has 150 valence electrons. The minimum atomic E-state index is -3.78. The van der Waals surface area contributed by atoms with Crippen LogP contribution in [0.3, 0.4) is 0 Å². The summed E-state index contributed by atoms with van der Waals surface area (Å²) in [6, 6.07) is 8.63. The van der Waals surface area contributed by atoms with Gasteiger partial charge in [0.25, 0.3) is 0 Å². The Bertz CT molecular complexity index is 1070.